The number of nitrogens with zero attached hydrogens (tertiary/aromatic N) is 3. The van der Waals surface area contributed by atoms with Crippen LogP contribution in [0.1, 0.15) is 46.7 Å². The van der Waals surface area contributed by atoms with Crippen molar-refractivity contribution in [1.82, 2.24) is 19.4 Å². The van der Waals surface area contributed by atoms with Crippen LogP contribution in [0.5, 0.6) is 0 Å². The second kappa shape index (κ2) is 9.70. The maximum absolute atomic E-state index is 13.1. The first-order valence-corrected chi connectivity index (χ1v) is 11.6. The molecule has 3 aromatic rings. The van der Waals surface area contributed by atoms with Crippen LogP contribution in [0.15, 0.2) is 46.5 Å². The third-order valence-corrected chi connectivity index (χ3v) is 6.54. The standard InChI is InChI=1S/C23H26N4O4S/c1-15(13-31-2)27-21(29)17-7-3-4-8-18(17)25-23(27)32-14-20(28)16-11-19(24-12-16)22(30)26-9-5-6-10-26/h3-4,7-8,11-12,15,24H,5-6,9-10,13-14H2,1-2H3/t15-/m1/s1. The highest BCUT2D eigenvalue weighted by Crippen LogP contribution is 2.23. The van der Waals surface area contributed by atoms with E-state index in [1.807, 2.05) is 13.0 Å². The van der Waals surface area contributed by atoms with Crippen molar-refractivity contribution in [1.29, 1.82) is 0 Å². The van der Waals surface area contributed by atoms with Gasteiger partial charge in [-0.25, -0.2) is 4.98 Å². The molecule has 1 atom stereocenters. The first-order chi connectivity index (χ1) is 15.5. The Kier molecular flexibility index (Phi) is 6.76. The maximum atomic E-state index is 13.1. The van der Waals surface area contributed by atoms with Gasteiger partial charge in [0.05, 0.1) is 29.3 Å². The summed E-state index contributed by atoms with van der Waals surface area (Å²) in [5.41, 5.74) is 1.30. The van der Waals surface area contributed by atoms with Gasteiger partial charge in [0, 0.05) is 32.0 Å². The van der Waals surface area contributed by atoms with Gasteiger partial charge in [-0.15, -0.1) is 0 Å². The number of hydrogen-bond donors (Lipinski definition) is 1. The van der Waals surface area contributed by atoms with Crippen LogP contribution in [0.2, 0.25) is 0 Å². The summed E-state index contributed by atoms with van der Waals surface area (Å²) >= 11 is 1.21. The zero-order valence-corrected chi connectivity index (χ0v) is 19.0. The first kappa shape index (κ1) is 22.3. The zero-order valence-electron chi connectivity index (χ0n) is 18.2. The molecule has 3 heterocycles. The lowest BCUT2D eigenvalue weighted by molar-refractivity contribution is 0.0787. The highest BCUT2D eigenvalue weighted by molar-refractivity contribution is 7.99. The van der Waals surface area contributed by atoms with Crippen LogP contribution in [0.3, 0.4) is 0 Å². The smallest absolute Gasteiger partial charge is 0.270 e. The minimum atomic E-state index is -0.237. The summed E-state index contributed by atoms with van der Waals surface area (Å²) in [5, 5.41) is 0.998. The number of fused-ring (bicyclic) bond motifs is 1. The van der Waals surface area contributed by atoms with Gasteiger partial charge in [0.2, 0.25) is 0 Å². The van der Waals surface area contributed by atoms with E-state index in [9.17, 15) is 14.4 Å². The molecule has 1 aliphatic rings. The topological polar surface area (TPSA) is 97.3 Å². The van der Waals surface area contributed by atoms with Gasteiger partial charge in [-0.05, 0) is 38.0 Å². The van der Waals surface area contributed by atoms with Crippen molar-refractivity contribution in [3.63, 3.8) is 0 Å². The van der Waals surface area contributed by atoms with Gasteiger partial charge in [-0.3, -0.25) is 19.0 Å². The Balaban J connectivity index is 1.55. The predicted octanol–water partition coefficient (Wildman–Crippen LogP) is 3.14. The van der Waals surface area contributed by atoms with E-state index in [0.717, 1.165) is 25.9 Å². The van der Waals surface area contributed by atoms with Crippen LogP contribution in [-0.2, 0) is 4.74 Å². The van der Waals surface area contributed by atoms with Gasteiger partial charge < -0.3 is 14.6 Å². The Hall–Kier alpha value is -2.91. The number of aromatic nitrogens is 3. The molecule has 1 amide bonds. The summed E-state index contributed by atoms with van der Waals surface area (Å²) < 4.78 is 6.83. The molecule has 1 aliphatic heterocycles. The number of ketones is 1. The minimum absolute atomic E-state index is 0.0763. The molecular formula is C23H26N4O4S. The van der Waals surface area contributed by atoms with Crippen molar-refractivity contribution in [3.8, 4) is 0 Å². The SMILES string of the molecule is COC[C@@H](C)n1c(SCC(=O)c2c[nH]c(C(=O)N3CCCC3)c2)nc2ccccc2c1=O. The summed E-state index contributed by atoms with van der Waals surface area (Å²) in [6, 6.07) is 8.54. The highest BCUT2D eigenvalue weighted by atomic mass is 32.2. The molecule has 1 N–H and O–H groups in total. The summed E-state index contributed by atoms with van der Waals surface area (Å²) in [5.74, 6) is -0.118. The number of carbonyl (C=O) groups is 2. The molecule has 168 valence electrons. The van der Waals surface area contributed by atoms with Crippen molar-refractivity contribution in [3.05, 3.63) is 58.1 Å². The molecule has 32 heavy (non-hydrogen) atoms. The molecule has 1 fully saturated rings. The van der Waals surface area contributed by atoms with Crippen LogP contribution < -0.4 is 5.56 Å². The Labute approximate surface area is 190 Å². The third kappa shape index (κ3) is 4.49. The average Bonchev–Trinajstić information content (AvgIpc) is 3.50. The van der Waals surface area contributed by atoms with Gasteiger partial charge in [-0.2, -0.15) is 0 Å². The van der Waals surface area contributed by atoms with E-state index in [-0.39, 0.29) is 29.0 Å². The van der Waals surface area contributed by atoms with Gasteiger partial charge in [0.25, 0.3) is 11.5 Å². The number of H-pyrrole nitrogens is 1. The number of para-hydroxylation sites is 1. The molecule has 1 aromatic carbocycles. The van der Waals surface area contributed by atoms with E-state index >= 15 is 0 Å². The Morgan fingerprint density at radius 2 is 2.00 bits per heavy atom. The van der Waals surface area contributed by atoms with Crippen molar-refractivity contribution >= 4 is 34.4 Å². The van der Waals surface area contributed by atoms with E-state index in [2.05, 4.69) is 9.97 Å². The Morgan fingerprint density at radius 1 is 1.25 bits per heavy atom. The minimum Gasteiger partial charge on any atom is -0.383 e. The van der Waals surface area contributed by atoms with Crippen molar-refractivity contribution < 1.29 is 14.3 Å². The largest absolute Gasteiger partial charge is 0.383 e. The zero-order chi connectivity index (χ0) is 22.7. The fraction of sp³-hybridized carbons (Fsp3) is 0.391. The van der Waals surface area contributed by atoms with E-state index < -0.39 is 0 Å². The number of ether oxygens (including phenoxy) is 1. The maximum Gasteiger partial charge on any atom is 0.270 e. The molecule has 2 aromatic heterocycles. The molecule has 0 saturated carbocycles. The fourth-order valence-corrected chi connectivity index (χ4v) is 4.91. The molecule has 9 heteroatoms. The molecule has 0 spiro atoms. The van der Waals surface area contributed by atoms with Crippen LogP contribution >= 0.6 is 11.8 Å². The van der Waals surface area contributed by atoms with Crippen LogP contribution in [0, 0.1) is 0 Å². The molecule has 0 radical (unpaired) electrons. The second-order valence-corrected chi connectivity index (χ2v) is 8.85. The van der Waals surface area contributed by atoms with Gasteiger partial charge in [-0.1, -0.05) is 23.9 Å². The summed E-state index contributed by atoms with van der Waals surface area (Å²) in [4.78, 5) is 47.8. The second-order valence-electron chi connectivity index (χ2n) is 7.90. The highest BCUT2D eigenvalue weighted by Gasteiger charge is 2.22. The van der Waals surface area contributed by atoms with Crippen LogP contribution in [-0.4, -0.2) is 63.7 Å². The molecule has 0 bridgehead atoms. The number of likely N-dealkylation sites (tertiary alicyclic amines) is 1. The van der Waals surface area contributed by atoms with Crippen LogP contribution in [0.25, 0.3) is 10.9 Å². The lowest BCUT2D eigenvalue weighted by Gasteiger charge is -2.18. The number of carbonyl (C=O) groups excluding carboxylic acids is 2. The lowest BCUT2D eigenvalue weighted by atomic mass is 10.2. The van der Waals surface area contributed by atoms with Crippen molar-refractivity contribution in [2.75, 3.05) is 32.6 Å². The number of methoxy groups -OCH3 is 1. The quantitative estimate of drug-likeness (QED) is 0.319. The predicted molar refractivity (Wildman–Crippen MR) is 124 cm³/mol. The van der Waals surface area contributed by atoms with E-state index in [0.29, 0.717) is 33.9 Å². The van der Waals surface area contributed by atoms with Gasteiger partial charge in [0.1, 0.15) is 5.69 Å². The first-order valence-electron chi connectivity index (χ1n) is 10.6. The van der Waals surface area contributed by atoms with Crippen LogP contribution in [0.4, 0.5) is 0 Å². The van der Waals surface area contributed by atoms with Crippen molar-refractivity contribution in [2.45, 2.75) is 31.0 Å². The number of Topliss-reactive ketones (excluding diaryl/α,β-unsaturated/α-hetero) is 1. The average molecular weight is 455 g/mol. The number of benzene rings is 1. The van der Waals surface area contributed by atoms with Gasteiger partial charge >= 0.3 is 0 Å². The molecule has 1 saturated heterocycles. The van der Waals surface area contributed by atoms with E-state index in [1.165, 1.54) is 11.8 Å². The van der Waals surface area contributed by atoms with E-state index in [1.54, 1.807) is 47.0 Å². The number of aromatic amines is 1. The monoisotopic (exact) mass is 454 g/mol. The number of nitrogens with one attached hydrogen (secondary N) is 1. The molecular weight excluding hydrogens is 428 g/mol. The number of thioether (sulfide) groups is 1. The molecule has 0 aliphatic carbocycles. The number of amides is 1. The third-order valence-electron chi connectivity index (χ3n) is 5.59. The lowest BCUT2D eigenvalue weighted by Crippen LogP contribution is -2.28. The Bertz CT molecular complexity index is 1200. The normalized spacial score (nSPS) is 14.8. The molecule has 0 unspecified atom stereocenters. The van der Waals surface area contributed by atoms with Crippen molar-refractivity contribution in [2.24, 2.45) is 0 Å². The number of rotatable bonds is 8. The summed E-state index contributed by atoms with van der Waals surface area (Å²) in [6.07, 6.45) is 3.59. The van der Waals surface area contributed by atoms with Gasteiger partial charge in [0.15, 0.2) is 10.9 Å². The molecule has 8 nitrogen and oxygen atoms in total. The fourth-order valence-electron chi connectivity index (χ4n) is 3.91. The van der Waals surface area contributed by atoms with E-state index in [4.69, 9.17) is 4.74 Å². The Morgan fingerprint density at radius 3 is 2.75 bits per heavy atom. The summed E-state index contributed by atoms with van der Waals surface area (Å²) in [6.45, 7) is 3.74. The number of hydrogen-bond acceptors (Lipinski definition) is 6. The molecule has 4 rings (SSSR count). The summed E-state index contributed by atoms with van der Waals surface area (Å²) in [7, 11) is 1.58.